The average Bonchev–Trinajstić information content (AvgIpc) is 2.91. The number of ether oxygens (including phenoxy) is 1. The zero-order chi connectivity index (χ0) is 22.1. The second kappa shape index (κ2) is 6.82. The highest BCUT2D eigenvalue weighted by atomic mass is 16.5. The van der Waals surface area contributed by atoms with Crippen molar-refractivity contribution in [1.29, 1.82) is 0 Å². The van der Waals surface area contributed by atoms with E-state index in [0.29, 0.717) is 25.2 Å². The molecule has 7 atom stereocenters. The first-order valence-corrected chi connectivity index (χ1v) is 11.7. The first kappa shape index (κ1) is 21.9. The third kappa shape index (κ3) is 2.69. The lowest BCUT2D eigenvalue weighted by Crippen LogP contribution is -2.71. The molecule has 3 fully saturated rings. The fourth-order valence-corrected chi connectivity index (χ4v) is 8.01. The van der Waals surface area contributed by atoms with Crippen molar-refractivity contribution in [2.24, 2.45) is 34.0 Å². The maximum absolute atomic E-state index is 12.7. The Morgan fingerprint density at radius 2 is 1.87 bits per heavy atom. The van der Waals surface area contributed by atoms with Gasteiger partial charge in [-0.3, -0.25) is 9.59 Å². The number of hydrogen-bond acceptors (Lipinski definition) is 4. The van der Waals surface area contributed by atoms with Crippen molar-refractivity contribution in [3.63, 3.8) is 0 Å². The number of carbonyl (C=O) groups excluding carboxylic acids is 1. The van der Waals surface area contributed by atoms with Crippen LogP contribution in [0.4, 0.5) is 0 Å². The summed E-state index contributed by atoms with van der Waals surface area (Å²) in [4.78, 5) is 25.1. The first-order valence-electron chi connectivity index (χ1n) is 11.7. The third-order valence-electron chi connectivity index (χ3n) is 9.66. The lowest BCUT2D eigenvalue weighted by Gasteiger charge is -2.68. The molecular formula is C25H38O5. The van der Waals surface area contributed by atoms with Crippen LogP contribution in [0.2, 0.25) is 0 Å². The molecule has 0 aromatic heterocycles. The predicted octanol–water partition coefficient (Wildman–Crippen LogP) is 4.72. The van der Waals surface area contributed by atoms with Gasteiger partial charge in [-0.15, -0.1) is 0 Å². The largest absolute Gasteiger partial charge is 0.481 e. The highest BCUT2D eigenvalue weighted by molar-refractivity contribution is 5.77. The molecule has 2 bridgehead atoms. The quantitative estimate of drug-likeness (QED) is 0.510. The normalized spacial score (nSPS) is 47.3. The van der Waals surface area contributed by atoms with Gasteiger partial charge in [0.1, 0.15) is 11.5 Å². The van der Waals surface area contributed by atoms with E-state index in [4.69, 9.17) is 4.74 Å². The minimum atomic E-state index is -1.19. The Morgan fingerprint density at radius 3 is 2.50 bits per heavy atom. The molecule has 4 rings (SSSR count). The molecule has 5 nitrogen and oxygen atoms in total. The molecule has 7 unspecified atom stereocenters. The number of carbonyl (C=O) groups is 2. The van der Waals surface area contributed by atoms with E-state index in [1.165, 1.54) is 5.57 Å². The van der Waals surface area contributed by atoms with Crippen molar-refractivity contribution in [2.45, 2.75) is 97.7 Å². The minimum Gasteiger partial charge on any atom is -0.481 e. The highest BCUT2D eigenvalue weighted by Crippen LogP contribution is 2.72. The van der Waals surface area contributed by atoms with E-state index in [2.05, 4.69) is 19.9 Å². The molecule has 0 amide bonds. The second-order valence-electron chi connectivity index (χ2n) is 11.6. The van der Waals surface area contributed by atoms with Crippen LogP contribution in [0.5, 0.6) is 0 Å². The Bertz CT molecular complexity index is 786. The number of allylic oxidation sites excluding steroid dienone is 1. The summed E-state index contributed by atoms with van der Waals surface area (Å²) in [6.45, 7) is 9.98. The third-order valence-corrected chi connectivity index (χ3v) is 9.66. The smallest absolute Gasteiger partial charge is 0.313 e. The fourth-order valence-electron chi connectivity index (χ4n) is 8.01. The van der Waals surface area contributed by atoms with Gasteiger partial charge in [-0.05, 0) is 76.5 Å². The number of aliphatic hydroxyl groups is 1. The van der Waals surface area contributed by atoms with E-state index in [9.17, 15) is 19.8 Å². The summed E-state index contributed by atoms with van der Waals surface area (Å²) in [6, 6.07) is 0. The van der Waals surface area contributed by atoms with Gasteiger partial charge in [-0.2, -0.15) is 0 Å². The van der Waals surface area contributed by atoms with E-state index in [0.717, 1.165) is 32.1 Å². The Balaban J connectivity index is 1.71. The van der Waals surface area contributed by atoms with Crippen molar-refractivity contribution >= 4 is 11.9 Å². The minimum absolute atomic E-state index is 0.172. The topological polar surface area (TPSA) is 83.8 Å². The number of fused-ring (bicyclic) bond motifs is 3. The fraction of sp³-hybridized carbons (Fsp3) is 0.840. The number of aliphatic carboxylic acids is 1. The molecule has 4 aliphatic carbocycles. The van der Waals surface area contributed by atoms with Crippen LogP contribution in [-0.2, 0) is 14.3 Å². The van der Waals surface area contributed by atoms with Crippen molar-refractivity contribution in [3.05, 3.63) is 11.6 Å². The van der Waals surface area contributed by atoms with Crippen molar-refractivity contribution in [1.82, 2.24) is 0 Å². The van der Waals surface area contributed by atoms with Crippen LogP contribution in [0.3, 0.4) is 0 Å². The molecule has 2 N–H and O–H groups in total. The van der Waals surface area contributed by atoms with E-state index in [1.54, 1.807) is 6.92 Å². The van der Waals surface area contributed by atoms with Crippen LogP contribution >= 0.6 is 0 Å². The van der Waals surface area contributed by atoms with Gasteiger partial charge in [-0.25, -0.2) is 0 Å². The van der Waals surface area contributed by atoms with Gasteiger partial charge >= 0.3 is 11.9 Å². The lowest BCUT2D eigenvalue weighted by molar-refractivity contribution is -0.268. The number of rotatable bonds is 4. The van der Waals surface area contributed by atoms with Gasteiger partial charge in [0.15, 0.2) is 0 Å². The molecule has 0 aromatic rings. The maximum Gasteiger partial charge on any atom is 0.313 e. The molecule has 1 spiro atoms. The van der Waals surface area contributed by atoms with Gasteiger partial charge < -0.3 is 14.9 Å². The SMILES string of the molecule is CC1=CC23CCC4C(C)(C(=O)O)C(OC(=O)CC(C)C)CCC4(C)C2(O)CCC1C3. The summed E-state index contributed by atoms with van der Waals surface area (Å²) in [6.07, 6.45) is 7.42. The summed E-state index contributed by atoms with van der Waals surface area (Å²) in [5.74, 6) is -0.719. The molecule has 0 saturated heterocycles. The van der Waals surface area contributed by atoms with Crippen molar-refractivity contribution in [3.8, 4) is 0 Å². The number of carboxylic acids is 1. The maximum atomic E-state index is 12.7. The van der Waals surface area contributed by atoms with E-state index < -0.39 is 28.5 Å². The Kier molecular flexibility index (Phi) is 4.97. The molecule has 0 radical (unpaired) electrons. The zero-order valence-corrected chi connectivity index (χ0v) is 19.2. The average molecular weight is 419 g/mol. The molecule has 168 valence electrons. The molecule has 0 heterocycles. The van der Waals surface area contributed by atoms with Crippen molar-refractivity contribution in [2.75, 3.05) is 0 Å². The molecule has 0 aliphatic heterocycles. The molecule has 4 aliphatic rings. The molecule has 0 aromatic carbocycles. The number of hydrogen-bond donors (Lipinski definition) is 2. The number of carboxylic acid groups (broad SMARTS) is 1. The summed E-state index contributed by atoms with van der Waals surface area (Å²) in [5, 5.41) is 22.7. The molecule has 30 heavy (non-hydrogen) atoms. The summed E-state index contributed by atoms with van der Waals surface area (Å²) < 4.78 is 5.81. The molecular weight excluding hydrogens is 380 g/mol. The molecule has 3 saturated carbocycles. The summed E-state index contributed by atoms with van der Waals surface area (Å²) in [5.41, 5.74) is -1.44. The Labute approximate surface area is 180 Å². The predicted molar refractivity (Wildman–Crippen MR) is 114 cm³/mol. The van der Waals surface area contributed by atoms with Crippen LogP contribution < -0.4 is 0 Å². The van der Waals surface area contributed by atoms with Gasteiger partial charge in [-0.1, -0.05) is 32.4 Å². The van der Waals surface area contributed by atoms with Crippen molar-refractivity contribution < 1.29 is 24.5 Å². The van der Waals surface area contributed by atoms with Crippen LogP contribution in [0, 0.1) is 34.0 Å². The van der Waals surface area contributed by atoms with Crippen LogP contribution in [-0.4, -0.2) is 33.9 Å². The van der Waals surface area contributed by atoms with Gasteiger partial charge in [0.2, 0.25) is 0 Å². The second-order valence-corrected chi connectivity index (χ2v) is 11.6. The first-order chi connectivity index (χ1) is 13.9. The summed E-state index contributed by atoms with van der Waals surface area (Å²) in [7, 11) is 0. The van der Waals surface area contributed by atoms with E-state index in [-0.39, 0.29) is 23.2 Å². The monoisotopic (exact) mass is 418 g/mol. The van der Waals surface area contributed by atoms with Crippen LogP contribution in [0.25, 0.3) is 0 Å². The van der Waals surface area contributed by atoms with Gasteiger partial charge in [0.25, 0.3) is 0 Å². The standard InChI is InChI=1S/C25H38O5/c1-15(2)12-20(26)30-19-8-9-22(4)18(23(19,5)21(27)28)7-10-24-13-16(3)17(14-24)6-11-25(22,24)29/h13,15,17-19,29H,6-12,14H2,1-5H3,(H,27,28). The zero-order valence-electron chi connectivity index (χ0n) is 19.2. The van der Waals surface area contributed by atoms with Gasteiger partial charge in [0, 0.05) is 17.3 Å². The van der Waals surface area contributed by atoms with E-state index >= 15 is 0 Å². The highest BCUT2D eigenvalue weighted by Gasteiger charge is 2.73. The van der Waals surface area contributed by atoms with Crippen LogP contribution in [0.15, 0.2) is 11.6 Å². The van der Waals surface area contributed by atoms with E-state index in [1.807, 2.05) is 13.8 Å². The summed E-state index contributed by atoms with van der Waals surface area (Å²) >= 11 is 0. The Hall–Kier alpha value is -1.36. The lowest BCUT2D eigenvalue weighted by atomic mass is 9.38. The van der Waals surface area contributed by atoms with Gasteiger partial charge in [0.05, 0.1) is 5.60 Å². The number of esters is 1. The Morgan fingerprint density at radius 1 is 1.17 bits per heavy atom. The van der Waals surface area contributed by atoms with Crippen LogP contribution in [0.1, 0.15) is 86.0 Å². The molecule has 5 heteroatoms.